The molecule has 0 spiro atoms. The number of halogens is 1. The molecule has 0 aliphatic rings. The molecule has 2 unspecified atom stereocenters. The molecule has 18 heavy (non-hydrogen) atoms. The Kier molecular flexibility index (Phi) is 4.66. The quantitative estimate of drug-likeness (QED) is 0.613. The van der Waals surface area contributed by atoms with Crippen LogP contribution in [-0.4, -0.2) is 27.0 Å². The highest BCUT2D eigenvalue weighted by Crippen LogP contribution is 2.28. The van der Waals surface area contributed by atoms with Crippen LogP contribution in [0.5, 0.6) is 5.75 Å². The number of hydrogen-bond acceptors (Lipinski definition) is 5. The first kappa shape index (κ1) is 14.9. The number of methoxy groups -OCH3 is 1. The van der Waals surface area contributed by atoms with E-state index in [9.17, 15) is 12.8 Å². The third kappa shape index (κ3) is 2.98. The summed E-state index contributed by atoms with van der Waals surface area (Å²) in [5, 5.41) is -0.857. The van der Waals surface area contributed by atoms with Gasteiger partial charge in [0.25, 0.3) is 0 Å². The van der Waals surface area contributed by atoms with Crippen LogP contribution in [0.2, 0.25) is 0 Å². The van der Waals surface area contributed by atoms with Gasteiger partial charge in [0.2, 0.25) is 0 Å². The lowest BCUT2D eigenvalue weighted by Gasteiger charge is -2.23. The highest BCUT2D eigenvalue weighted by Gasteiger charge is 2.29. The fourth-order valence-electron chi connectivity index (χ4n) is 1.65. The molecule has 1 aromatic rings. The maximum absolute atomic E-state index is 14.0. The van der Waals surface area contributed by atoms with Crippen LogP contribution >= 0.6 is 0 Å². The van der Waals surface area contributed by atoms with E-state index in [1.54, 1.807) is 6.07 Å². The highest BCUT2D eigenvalue weighted by molar-refractivity contribution is 7.91. The van der Waals surface area contributed by atoms with E-state index in [1.165, 1.54) is 26.2 Å². The molecule has 3 N–H and O–H groups in total. The average Bonchev–Trinajstić information content (AvgIpc) is 2.30. The summed E-state index contributed by atoms with van der Waals surface area (Å²) in [4.78, 5) is 0. The molecule has 2 atom stereocenters. The number of rotatable bonds is 5. The molecule has 0 radical (unpaired) electrons. The molecular formula is C11H17FN2O3S. The van der Waals surface area contributed by atoms with Crippen molar-refractivity contribution in [3.63, 3.8) is 0 Å². The molecule has 0 aromatic heterocycles. The predicted molar refractivity (Wildman–Crippen MR) is 67.3 cm³/mol. The first-order valence-corrected chi connectivity index (χ1v) is 7.25. The number of ether oxygens (including phenoxy) is 1. The van der Waals surface area contributed by atoms with Crippen molar-refractivity contribution in [2.45, 2.75) is 18.2 Å². The van der Waals surface area contributed by atoms with Crippen LogP contribution in [0.4, 0.5) is 4.39 Å². The van der Waals surface area contributed by atoms with Crippen molar-refractivity contribution in [3.8, 4) is 5.75 Å². The van der Waals surface area contributed by atoms with Crippen LogP contribution in [0.25, 0.3) is 0 Å². The van der Waals surface area contributed by atoms with E-state index >= 15 is 0 Å². The summed E-state index contributed by atoms with van der Waals surface area (Å²) >= 11 is 0. The summed E-state index contributed by atoms with van der Waals surface area (Å²) in [5.74, 6) is 4.78. The van der Waals surface area contributed by atoms with Crippen molar-refractivity contribution in [2.75, 3.05) is 13.4 Å². The monoisotopic (exact) mass is 276 g/mol. The first-order chi connectivity index (χ1) is 8.32. The Balaban J connectivity index is 3.26. The Bertz CT molecular complexity index is 519. The first-order valence-electron chi connectivity index (χ1n) is 5.30. The molecule has 7 heteroatoms. The lowest BCUT2D eigenvalue weighted by atomic mass is 10.0. The van der Waals surface area contributed by atoms with Crippen LogP contribution in [0.3, 0.4) is 0 Å². The summed E-state index contributed by atoms with van der Waals surface area (Å²) < 4.78 is 41.9. The molecule has 1 rings (SSSR count). The van der Waals surface area contributed by atoms with Gasteiger partial charge in [0.1, 0.15) is 0 Å². The van der Waals surface area contributed by atoms with Gasteiger partial charge >= 0.3 is 0 Å². The van der Waals surface area contributed by atoms with E-state index in [1.807, 2.05) is 0 Å². The standard InChI is InChI=1S/C11H17FN2O3S/c1-7(18(3,15)16)11(14-13)8-5-4-6-9(17-2)10(8)12/h4-7,11,14H,13H2,1-3H3. The lowest BCUT2D eigenvalue weighted by Crippen LogP contribution is -2.39. The number of sulfone groups is 1. The highest BCUT2D eigenvalue weighted by atomic mass is 32.2. The van der Waals surface area contributed by atoms with Gasteiger partial charge in [-0.05, 0) is 13.0 Å². The largest absolute Gasteiger partial charge is 0.494 e. The third-order valence-corrected chi connectivity index (χ3v) is 4.50. The lowest BCUT2D eigenvalue weighted by molar-refractivity contribution is 0.378. The van der Waals surface area contributed by atoms with Gasteiger partial charge in [-0.1, -0.05) is 12.1 Å². The van der Waals surface area contributed by atoms with Gasteiger partial charge in [0, 0.05) is 11.8 Å². The number of nitrogens with one attached hydrogen (secondary N) is 1. The topological polar surface area (TPSA) is 81.4 Å². The fourth-order valence-corrected chi connectivity index (χ4v) is 2.37. The zero-order chi connectivity index (χ0) is 13.9. The van der Waals surface area contributed by atoms with Crippen molar-refractivity contribution in [1.82, 2.24) is 5.43 Å². The van der Waals surface area contributed by atoms with Crippen molar-refractivity contribution in [1.29, 1.82) is 0 Å². The van der Waals surface area contributed by atoms with E-state index in [0.717, 1.165) is 6.26 Å². The smallest absolute Gasteiger partial charge is 0.169 e. The van der Waals surface area contributed by atoms with Gasteiger partial charge in [0.05, 0.1) is 18.4 Å². The molecule has 0 saturated heterocycles. The minimum Gasteiger partial charge on any atom is -0.494 e. The second-order valence-electron chi connectivity index (χ2n) is 4.04. The number of nitrogens with two attached hydrogens (primary N) is 1. The van der Waals surface area contributed by atoms with Crippen molar-refractivity contribution in [3.05, 3.63) is 29.6 Å². The molecule has 5 nitrogen and oxygen atoms in total. The van der Waals surface area contributed by atoms with Crippen molar-refractivity contribution >= 4 is 9.84 Å². The van der Waals surface area contributed by atoms with Gasteiger partial charge < -0.3 is 4.74 Å². The molecule has 0 aliphatic heterocycles. The molecule has 0 heterocycles. The Hall–Kier alpha value is -1.18. The van der Waals surface area contributed by atoms with E-state index in [0.29, 0.717) is 0 Å². The zero-order valence-corrected chi connectivity index (χ0v) is 11.3. The average molecular weight is 276 g/mol. The number of benzene rings is 1. The summed E-state index contributed by atoms with van der Waals surface area (Å²) in [5.41, 5.74) is 2.50. The van der Waals surface area contributed by atoms with E-state index in [2.05, 4.69) is 5.43 Å². The van der Waals surface area contributed by atoms with Crippen molar-refractivity contribution in [2.24, 2.45) is 5.84 Å². The maximum Gasteiger partial charge on any atom is 0.169 e. The molecule has 0 fully saturated rings. The normalized spacial score (nSPS) is 15.2. The van der Waals surface area contributed by atoms with Crippen LogP contribution in [-0.2, 0) is 9.84 Å². The molecule has 0 aliphatic carbocycles. The zero-order valence-electron chi connectivity index (χ0n) is 10.5. The number of hydrogen-bond donors (Lipinski definition) is 2. The van der Waals surface area contributed by atoms with Gasteiger partial charge in [0.15, 0.2) is 21.4 Å². The molecular weight excluding hydrogens is 259 g/mol. The van der Waals surface area contributed by atoms with Crippen LogP contribution < -0.4 is 16.0 Å². The van der Waals surface area contributed by atoms with Gasteiger partial charge in [-0.3, -0.25) is 11.3 Å². The summed E-state index contributed by atoms with van der Waals surface area (Å²) in [6.07, 6.45) is 1.08. The Labute approximate surface area is 106 Å². The second kappa shape index (κ2) is 5.64. The van der Waals surface area contributed by atoms with Crippen LogP contribution in [0.1, 0.15) is 18.5 Å². The van der Waals surface area contributed by atoms with Gasteiger partial charge in [-0.25, -0.2) is 12.8 Å². The second-order valence-corrected chi connectivity index (χ2v) is 6.45. The Morgan fingerprint density at radius 2 is 2.06 bits per heavy atom. The van der Waals surface area contributed by atoms with Crippen molar-refractivity contribution < 1.29 is 17.5 Å². The summed E-state index contributed by atoms with van der Waals surface area (Å²) in [7, 11) is -2.01. The fraction of sp³-hybridized carbons (Fsp3) is 0.455. The van der Waals surface area contributed by atoms with Crippen LogP contribution in [0, 0.1) is 5.82 Å². The Morgan fingerprint density at radius 1 is 1.44 bits per heavy atom. The van der Waals surface area contributed by atoms with E-state index in [4.69, 9.17) is 10.6 Å². The molecule has 102 valence electrons. The van der Waals surface area contributed by atoms with E-state index in [-0.39, 0.29) is 11.3 Å². The minimum atomic E-state index is -3.35. The SMILES string of the molecule is COc1cccc(C(NN)C(C)S(C)(=O)=O)c1F. The molecule has 1 aromatic carbocycles. The predicted octanol–water partition coefficient (Wildman–Crippen LogP) is 0.772. The van der Waals surface area contributed by atoms with Gasteiger partial charge in [-0.2, -0.15) is 0 Å². The molecule has 0 saturated carbocycles. The van der Waals surface area contributed by atoms with Gasteiger partial charge in [-0.15, -0.1) is 0 Å². The third-order valence-electron chi connectivity index (χ3n) is 2.87. The molecule has 0 bridgehead atoms. The van der Waals surface area contributed by atoms with Crippen LogP contribution in [0.15, 0.2) is 18.2 Å². The molecule has 0 amide bonds. The minimum absolute atomic E-state index is 0.0495. The Morgan fingerprint density at radius 3 is 2.50 bits per heavy atom. The number of hydrazine groups is 1. The van der Waals surface area contributed by atoms with E-state index < -0.39 is 26.9 Å². The summed E-state index contributed by atoms with van der Waals surface area (Å²) in [6, 6.07) is 3.67. The summed E-state index contributed by atoms with van der Waals surface area (Å²) in [6.45, 7) is 1.47. The maximum atomic E-state index is 14.0.